The van der Waals surface area contributed by atoms with E-state index in [-0.39, 0.29) is 16.1 Å². The molecular formula is C12H12BrF2NO. The van der Waals surface area contributed by atoms with E-state index in [0.717, 1.165) is 25.0 Å². The Morgan fingerprint density at radius 2 is 2.06 bits per heavy atom. The summed E-state index contributed by atoms with van der Waals surface area (Å²) < 4.78 is 26.8. The number of carbonyl (C=O) groups excluding carboxylic acids is 1. The molecule has 1 aromatic carbocycles. The minimum atomic E-state index is -0.692. The Labute approximate surface area is 107 Å². The van der Waals surface area contributed by atoms with Crippen molar-refractivity contribution in [2.24, 2.45) is 0 Å². The molecule has 17 heavy (non-hydrogen) atoms. The first-order valence-corrected chi connectivity index (χ1v) is 6.26. The van der Waals surface area contributed by atoms with Crippen LogP contribution < -0.4 is 0 Å². The number of hydrogen-bond donors (Lipinski definition) is 0. The van der Waals surface area contributed by atoms with Crippen LogP contribution >= 0.6 is 15.9 Å². The molecule has 0 aliphatic carbocycles. The van der Waals surface area contributed by atoms with Crippen molar-refractivity contribution in [1.29, 1.82) is 0 Å². The topological polar surface area (TPSA) is 20.3 Å². The van der Waals surface area contributed by atoms with Gasteiger partial charge in [-0.05, 0) is 47.8 Å². The van der Waals surface area contributed by atoms with Gasteiger partial charge in [0.2, 0.25) is 0 Å². The van der Waals surface area contributed by atoms with Gasteiger partial charge in [0.25, 0.3) is 5.91 Å². The minimum Gasteiger partial charge on any atom is -0.336 e. The van der Waals surface area contributed by atoms with Crippen molar-refractivity contribution in [2.45, 2.75) is 25.8 Å². The molecule has 0 saturated carbocycles. The molecule has 2 rings (SSSR count). The fourth-order valence-electron chi connectivity index (χ4n) is 2.10. The molecule has 5 heteroatoms. The minimum absolute atomic E-state index is 0.0806. The maximum absolute atomic E-state index is 13.6. The molecule has 0 N–H and O–H groups in total. The Morgan fingerprint density at radius 3 is 2.65 bits per heavy atom. The average Bonchev–Trinajstić information content (AvgIpc) is 2.70. The van der Waals surface area contributed by atoms with Crippen LogP contribution in [0.5, 0.6) is 0 Å². The summed E-state index contributed by atoms with van der Waals surface area (Å²) >= 11 is 2.94. The Morgan fingerprint density at radius 1 is 1.41 bits per heavy atom. The van der Waals surface area contributed by atoms with Crippen LogP contribution in [-0.4, -0.2) is 23.4 Å². The lowest BCUT2D eigenvalue weighted by Gasteiger charge is -2.22. The van der Waals surface area contributed by atoms with Gasteiger partial charge >= 0.3 is 0 Å². The van der Waals surface area contributed by atoms with Gasteiger partial charge in [0.15, 0.2) is 0 Å². The molecule has 0 spiro atoms. The number of halogens is 3. The van der Waals surface area contributed by atoms with Gasteiger partial charge in [-0.25, -0.2) is 8.78 Å². The third-order valence-electron chi connectivity index (χ3n) is 3.07. The van der Waals surface area contributed by atoms with Crippen molar-refractivity contribution in [2.75, 3.05) is 6.54 Å². The van der Waals surface area contributed by atoms with Crippen LogP contribution in [0.3, 0.4) is 0 Å². The van der Waals surface area contributed by atoms with Crippen LogP contribution in [0.1, 0.15) is 30.1 Å². The van der Waals surface area contributed by atoms with Gasteiger partial charge in [-0.15, -0.1) is 0 Å². The van der Waals surface area contributed by atoms with Crippen molar-refractivity contribution < 1.29 is 13.6 Å². The van der Waals surface area contributed by atoms with Gasteiger partial charge in [0.05, 0.1) is 10.0 Å². The lowest BCUT2D eigenvalue weighted by molar-refractivity contribution is 0.0741. The third kappa shape index (κ3) is 2.20. The van der Waals surface area contributed by atoms with E-state index in [1.54, 1.807) is 4.90 Å². The van der Waals surface area contributed by atoms with Crippen LogP contribution in [0, 0.1) is 11.6 Å². The predicted octanol–water partition coefficient (Wildman–Crippen LogP) is 3.35. The molecule has 0 aromatic heterocycles. The first-order valence-electron chi connectivity index (χ1n) is 5.47. The zero-order chi connectivity index (χ0) is 12.6. The van der Waals surface area contributed by atoms with Crippen molar-refractivity contribution in [3.63, 3.8) is 0 Å². The van der Waals surface area contributed by atoms with E-state index in [9.17, 15) is 13.6 Å². The highest BCUT2D eigenvalue weighted by Gasteiger charge is 2.29. The number of benzene rings is 1. The smallest absolute Gasteiger partial charge is 0.258 e. The van der Waals surface area contributed by atoms with E-state index < -0.39 is 17.5 Å². The van der Waals surface area contributed by atoms with E-state index in [4.69, 9.17) is 0 Å². The second-order valence-electron chi connectivity index (χ2n) is 4.21. The summed E-state index contributed by atoms with van der Waals surface area (Å²) in [5.74, 6) is -1.76. The molecule has 1 fully saturated rings. The standard InChI is InChI=1S/C12H12BrF2NO/c1-7-3-2-6-16(7)12(17)10-8(14)4-5-9(15)11(10)13/h4-5,7H,2-3,6H2,1H3/t7-/m1/s1. The summed E-state index contributed by atoms with van der Waals surface area (Å²) in [5.41, 5.74) is -0.209. The molecule has 1 heterocycles. The molecule has 1 aliphatic heterocycles. The number of hydrogen-bond acceptors (Lipinski definition) is 1. The van der Waals surface area contributed by atoms with Crippen LogP contribution in [0.2, 0.25) is 0 Å². The number of likely N-dealkylation sites (tertiary alicyclic amines) is 1. The average molecular weight is 304 g/mol. The van der Waals surface area contributed by atoms with Crippen LogP contribution in [0.25, 0.3) is 0 Å². The number of carbonyl (C=O) groups is 1. The highest BCUT2D eigenvalue weighted by molar-refractivity contribution is 9.10. The second-order valence-corrected chi connectivity index (χ2v) is 5.00. The normalized spacial score (nSPS) is 19.8. The fourth-order valence-corrected chi connectivity index (χ4v) is 2.59. The number of amides is 1. The summed E-state index contributed by atoms with van der Waals surface area (Å²) in [4.78, 5) is 13.7. The first-order chi connectivity index (χ1) is 8.02. The van der Waals surface area contributed by atoms with E-state index in [1.807, 2.05) is 6.92 Å². The second kappa shape index (κ2) is 4.72. The zero-order valence-corrected chi connectivity index (χ0v) is 10.9. The van der Waals surface area contributed by atoms with Crippen molar-refractivity contribution in [1.82, 2.24) is 4.90 Å². The molecule has 2 nitrogen and oxygen atoms in total. The Hall–Kier alpha value is -0.970. The highest BCUT2D eigenvalue weighted by atomic mass is 79.9. The SMILES string of the molecule is C[C@@H]1CCCN1C(=O)c1c(F)ccc(F)c1Br. The Kier molecular flexibility index (Phi) is 3.47. The third-order valence-corrected chi connectivity index (χ3v) is 3.85. The van der Waals surface area contributed by atoms with Crippen molar-refractivity contribution >= 4 is 21.8 Å². The molecule has 1 saturated heterocycles. The van der Waals surface area contributed by atoms with E-state index in [1.165, 1.54) is 0 Å². The number of nitrogens with zero attached hydrogens (tertiary/aromatic N) is 1. The molecule has 0 radical (unpaired) electrons. The first kappa shape index (κ1) is 12.5. The van der Waals surface area contributed by atoms with Crippen molar-refractivity contribution in [3.8, 4) is 0 Å². The summed E-state index contributed by atoms with van der Waals surface area (Å²) in [6.07, 6.45) is 1.81. The van der Waals surface area contributed by atoms with Crippen LogP contribution in [0.4, 0.5) is 8.78 Å². The summed E-state index contributed by atoms with van der Waals surface area (Å²) in [7, 11) is 0. The molecule has 0 unspecified atom stereocenters. The molecule has 92 valence electrons. The fraction of sp³-hybridized carbons (Fsp3) is 0.417. The lowest BCUT2D eigenvalue weighted by atomic mass is 10.1. The Bertz CT molecular complexity index is 464. The van der Waals surface area contributed by atoms with E-state index >= 15 is 0 Å². The van der Waals surface area contributed by atoms with Gasteiger partial charge in [-0.1, -0.05) is 0 Å². The Balaban J connectivity index is 2.40. The van der Waals surface area contributed by atoms with E-state index in [2.05, 4.69) is 15.9 Å². The molecular weight excluding hydrogens is 292 g/mol. The maximum Gasteiger partial charge on any atom is 0.258 e. The predicted molar refractivity (Wildman–Crippen MR) is 63.8 cm³/mol. The molecule has 1 aliphatic rings. The quantitative estimate of drug-likeness (QED) is 0.729. The summed E-state index contributed by atoms with van der Waals surface area (Å²) in [5, 5.41) is 0. The maximum atomic E-state index is 13.6. The molecule has 1 amide bonds. The summed E-state index contributed by atoms with van der Waals surface area (Å²) in [6.45, 7) is 2.51. The van der Waals surface area contributed by atoms with Gasteiger partial charge in [0, 0.05) is 12.6 Å². The van der Waals surface area contributed by atoms with E-state index in [0.29, 0.717) is 6.54 Å². The number of rotatable bonds is 1. The van der Waals surface area contributed by atoms with Crippen molar-refractivity contribution in [3.05, 3.63) is 33.8 Å². The van der Waals surface area contributed by atoms with Gasteiger partial charge in [-0.2, -0.15) is 0 Å². The summed E-state index contributed by atoms with van der Waals surface area (Å²) in [6, 6.07) is 2.06. The monoisotopic (exact) mass is 303 g/mol. The van der Waals surface area contributed by atoms with Crippen LogP contribution in [0.15, 0.2) is 16.6 Å². The van der Waals surface area contributed by atoms with Gasteiger partial charge in [0.1, 0.15) is 11.6 Å². The van der Waals surface area contributed by atoms with Gasteiger partial charge < -0.3 is 4.90 Å². The molecule has 1 aromatic rings. The molecule has 0 bridgehead atoms. The highest BCUT2D eigenvalue weighted by Crippen LogP contribution is 2.27. The lowest BCUT2D eigenvalue weighted by Crippen LogP contribution is -2.34. The van der Waals surface area contributed by atoms with Gasteiger partial charge in [-0.3, -0.25) is 4.79 Å². The zero-order valence-electron chi connectivity index (χ0n) is 9.34. The largest absolute Gasteiger partial charge is 0.336 e. The van der Waals surface area contributed by atoms with Crippen LogP contribution in [-0.2, 0) is 0 Å². The molecule has 1 atom stereocenters.